The van der Waals surface area contributed by atoms with Crippen LogP contribution in [-0.4, -0.2) is 17.2 Å². The summed E-state index contributed by atoms with van der Waals surface area (Å²) in [4.78, 5) is 10.3. The zero-order chi connectivity index (χ0) is 15.8. The van der Waals surface area contributed by atoms with Crippen molar-refractivity contribution in [2.75, 3.05) is 0 Å². The summed E-state index contributed by atoms with van der Waals surface area (Å²) in [7, 11) is 0. The molecule has 1 N–H and O–H groups in total. The topological polar surface area (TPSA) is 37.3 Å². The van der Waals surface area contributed by atoms with E-state index in [4.69, 9.17) is 5.11 Å². The van der Waals surface area contributed by atoms with E-state index in [1.54, 1.807) is 0 Å². The van der Waals surface area contributed by atoms with Crippen LogP contribution in [0.15, 0.2) is 0 Å². The molecule has 0 fully saturated rings. The highest BCUT2D eigenvalue weighted by molar-refractivity contribution is 5.66. The first kappa shape index (κ1) is 20.4. The summed E-state index contributed by atoms with van der Waals surface area (Å²) in [5.74, 6) is -0.714. The zero-order valence-electron chi connectivity index (χ0n) is 13.9. The van der Waals surface area contributed by atoms with Crippen LogP contribution in [0.1, 0.15) is 103 Å². The molecule has 0 radical (unpaired) electrons. The van der Waals surface area contributed by atoms with Crippen molar-refractivity contribution in [3.05, 3.63) is 0 Å². The molecule has 0 aliphatic heterocycles. The van der Waals surface area contributed by atoms with E-state index in [-0.39, 0.29) is 6.42 Å². The molecule has 126 valence electrons. The Kier molecular flexibility index (Phi) is 15.3. The molecule has 0 aromatic rings. The highest BCUT2D eigenvalue weighted by Gasteiger charge is 2.05. The van der Waals surface area contributed by atoms with E-state index < -0.39 is 12.1 Å². The molecule has 2 nitrogen and oxygen atoms in total. The molecule has 0 spiro atoms. The summed E-state index contributed by atoms with van der Waals surface area (Å²) in [6.45, 7) is 2.22. The van der Waals surface area contributed by atoms with Crippen LogP contribution in [0.25, 0.3) is 0 Å². The van der Waals surface area contributed by atoms with Crippen molar-refractivity contribution in [2.45, 2.75) is 109 Å². The number of unbranched alkanes of at least 4 members (excludes halogenated alkanes) is 10. The average molecular weight is 302 g/mol. The van der Waals surface area contributed by atoms with E-state index in [0.717, 1.165) is 44.9 Å². The highest BCUT2D eigenvalue weighted by Crippen LogP contribution is 2.16. The molecular weight excluding hydrogens is 267 g/mol. The van der Waals surface area contributed by atoms with Gasteiger partial charge in [0.25, 0.3) is 0 Å². The van der Waals surface area contributed by atoms with E-state index in [9.17, 15) is 9.18 Å². The standard InChI is InChI=1S/C18H35FO2/c1-2-3-4-5-6-8-11-14-17(19)15-12-9-7-10-13-16-18(20)21/h17H,2-16H2,1H3,(H,20,21)/t17-/m0/s1. The van der Waals surface area contributed by atoms with E-state index in [1.165, 1.54) is 38.5 Å². The highest BCUT2D eigenvalue weighted by atomic mass is 19.1. The molecular formula is C18H35FO2. The number of halogens is 1. The van der Waals surface area contributed by atoms with E-state index in [0.29, 0.717) is 6.42 Å². The van der Waals surface area contributed by atoms with Gasteiger partial charge in [-0.1, -0.05) is 77.6 Å². The fourth-order valence-electron chi connectivity index (χ4n) is 2.64. The number of hydrogen-bond acceptors (Lipinski definition) is 1. The Morgan fingerprint density at radius 3 is 1.71 bits per heavy atom. The number of carboxylic acids is 1. The maximum absolute atomic E-state index is 13.6. The summed E-state index contributed by atoms with van der Waals surface area (Å²) >= 11 is 0. The van der Waals surface area contributed by atoms with Gasteiger partial charge in [-0.3, -0.25) is 4.79 Å². The van der Waals surface area contributed by atoms with Gasteiger partial charge in [0.15, 0.2) is 0 Å². The smallest absolute Gasteiger partial charge is 0.303 e. The van der Waals surface area contributed by atoms with Crippen molar-refractivity contribution in [1.29, 1.82) is 0 Å². The second kappa shape index (κ2) is 15.8. The number of carboxylic acid groups (broad SMARTS) is 1. The molecule has 0 aromatic carbocycles. The van der Waals surface area contributed by atoms with Crippen LogP contribution in [-0.2, 0) is 4.79 Å². The summed E-state index contributed by atoms with van der Waals surface area (Å²) in [5.41, 5.74) is 0. The van der Waals surface area contributed by atoms with Crippen LogP contribution in [0.3, 0.4) is 0 Å². The van der Waals surface area contributed by atoms with Crippen LogP contribution < -0.4 is 0 Å². The molecule has 0 amide bonds. The van der Waals surface area contributed by atoms with Gasteiger partial charge in [-0.05, 0) is 19.3 Å². The minimum atomic E-state index is -0.714. The molecule has 0 heterocycles. The predicted octanol–water partition coefficient (Wildman–Crippen LogP) is 6.28. The van der Waals surface area contributed by atoms with Gasteiger partial charge in [0.1, 0.15) is 6.17 Å². The first-order valence-electron chi connectivity index (χ1n) is 9.02. The Labute approximate surface area is 130 Å². The molecule has 0 rings (SSSR count). The monoisotopic (exact) mass is 302 g/mol. The van der Waals surface area contributed by atoms with Crippen LogP contribution in [0.2, 0.25) is 0 Å². The first-order valence-corrected chi connectivity index (χ1v) is 9.02. The van der Waals surface area contributed by atoms with Crippen LogP contribution in [0, 0.1) is 0 Å². The van der Waals surface area contributed by atoms with E-state index >= 15 is 0 Å². The summed E-state index contributed by atoms with van der Waals surface area (Å²) in [6.07, 6.45) is 14.5. The molecule has 1 atom stereocenters. The lowest BCUT2D eigenvalue weighted by atomic mass is 10.0. The molecule has 0 aliphatic rings. The summed E-state index contributed by atoms with van der Waals surface area (Å²) in [6, 6.07) is 0. The Morgan fingerprint density at radius 1 is 0.810 bits per heavy atom. The van der Waals surface area contributed by atoms with E-state index in [2.05, 4.69) is 6.92 Å². The average Bonchev–Trinajstić information content (AvgIpc) is 2.45. The number of alkyl halides is 1. The maximum Gasteiger partial charge on any atom is 0.303 e. The Balaban J connectivity index is 3.16. The number of aliphatic carboxylic acids is 1. The Bertz CT molecular complexity index is 231. The second-order valence-electron chi connectivity index (χ2n) is 6.21. The van der Waals surface area contributed by atoms with Crippen molar-refractivity contribution in [3.8, 4) is 0 Å². The molecule has 0 unspecified atom stereocenters. The van der Waals surface area contributed by atoms with Gasteiger partial charge in [0.05, 0.1) is 0 Å². The number of rotatable bonds is 16. The van der Waals surface area contributed by atoms with Crippen LogP contribution >= 0.6 is 0 Å². The van der Waals surface area contributed by atoms with Crippen molar-refractivity contribution in [1.82, 2.24) is 0 Å². The molecule has 0 saturated carbocycles. The van der Waals surface area contributed by atoms with Gasteiger partial charge in [-0.25, -0.2) is 4.39 Å². The Morgan fingerprint density at radius 2 is 1.24 bits per heavy atom. The van der Waals surface area contributed by atoms with Gasteiger partial charge in [-0.2, -0.15) is 0 Å². The lowest BCUT2D eigenvalue weighted by Crippen LogP contribution is -2.00. The van der Waals surface area contributed by atoms with Gasteiger partial charge in [0, 0.05) is 6.42 Å². The number of carbonyl (C=O) groups is 1. The number of hydrogen-bond donors (Lipinski definition) is 1. The fraction of sp³-hybridized carbons (Fsp3) is 0.944. The Hall–Kier alpha value is -0.600. The third-order valence-electron chi connectivity index (χ3n) is 4.03. The zero-order valence-corrected chi connectivity index (χ0v) is 13.9. The van der Waals surface area contributed by atoms with Gasteiger partial charge >= 0.3 is 5.97 Å². The predicted molar refractivity (Wildman–Crippen MR) is 87.5 cm³/mol. The third-order valence-corrected chi connectivity index (χ3v) is 4.03. The van der Waals surface area contributed by atoms with Crippen molar-refractivity contribution >= 4 is 5.97 Å². The van der Waals surface area contributed by atoms with Crippen LogP contribution in [0.5, 0.6) is 0 Å². The lowest BCUT2D eigenvalue weighted by Gasteiger charge is -2.08. The van der Waals surface area contributed by atoms with Gasteiger partial charge in [-0.15, -0.1) is 0 Å². The first-order chi connectivity index (χ1) is 10.2. The second-order valence-corrected chi connectivity index (χ2v) is 6.21. The fourth-order valence-corrected chi connectivity index (χ4v) is 2.64. The summed E-state index contributed by atoms with van der Waals surface area (Å²) in [5, 5.41) is 8.50. The maximum atomic E-state index is 13.6. The van der Waals surface area contributed by atoms with Crippen molar-refractivity contribution in [2.24, 2.45) is 0 Å². The van der Waals surface area contributed by atoms with Crippen molar-refractivity contribution in [3.63, 3.8) is 0 Å². The normalized spacial score (nSPS) is 12.5. The third kappa shape index (κ3) is 17.3. The molecule has 0 bridgehead atoms. The largest absolute Gasteiger partial charge is 0.481 e. The minimum absolute atomic E-state index is 0.268. The van der Waals surface area contributed by atoms with Gasteiger partial charge < -0.3 is 5.11 Å². The summed E-state index contributed by atoms with van der Waals surface area (Å²) < 4.78 is 13.6. The van der Waals surface area contributed by atoms with Gasteiger partial charge in [0.2, 0.25) is 0 Å². The molecule has 3 heteroatoms. The molecule has 0 aliphatic carbocycles. The van der Waals surface area contributed by atoms with Crippen LogP contribution in [0.4, 0.5) is 4.39 Å². The van der Waals surface area contributed by atoms with E-state index in [1.807, 2.05) is 0 Å². The molecule has 21 heavy (non-hydrogen) atoms. The molecule has 0 saturated heterocycles. The lowest BCUT2D eigenvalue weighted by molar-refractivity contribution is -0.137. The minimum Gasteiger partial charge on any atom is -0.481 e. The van der Waals surface area contributed by atoms with Crippen molar-refractivity contribution < 1.29 is 14.3 Å². The quantitative estimate of drug-likeness (QED) is 0.341. The SMILES string of the molecule is CCCCCCCCC[C@H](F)CCCCCCCC(=O)O. The molecule has 0 aromatic heterocycles.